The average Bonchev–Trinajstić information content (AvgIpc) is 3.31. The van der Waals surface area contributed by atoms with Gasteiger partial charge in [-0.3, -0.25) is 4.79 Å². The van der Waals surface area contributed by atoms with Gasteiger partial charge in [0, 0.05) is 29.8 Å². The highest BCUT2D eigenvalue weighted by atomic mass is 19.2. The van der Waals surface area contributed by atoms with Crippen LogP contribution in [0.4, 0.5) is 14.5 Å². The van der Waals surface area contributed by atoms with Gasteiger partial charge in [0.05, 0.1) is 29.0 Å². The lowest BCUT2D eigenvalue weighted by Gasteiger charge is -2.22. The molecule has 1 saturated carbocycles. The first-order chi connectivity index (χ1) is 14.4. The van der Waals surface area contributed by atoms with E-state index in [4.69, 9.17) is 5.26 Å². The van der Waals surface area contributed by atoms with Crippen LogP contribution in [0.5, 0.6) is 0 Å². The Morgan fingerprint density at radius 3 is 2.63 bits per heavy atom. The van der Waals surface area contributed by atoms with Crippen molar-refractivity contribution in [1.29, 1.82) is 5.26 Å². The number of imidazole rings is 1. The Hall–Kier alpha value is -3.27. The van der Waals surface area contributed by atoms with Gasteiger partial charge < -0.3 is 9.88 Å². The summed E-state index contributed by atoms with van der Waals surface area (Å²) in [6, 6.07) is 11.2. The lowest BCUT2D eigenvalue weighted by molar-refractivity contribution is -0.121. The van der Waals surface area contributed by atoms with Crippen LogP contribution in [0.25, 0.3) is 11.0 Å². The largest absolute Gasteiger partial charge is 0.327 e. The van der Waals surface area contributed by atoms with Crippen LogP contribution < -0.4 is 5.32 Å². The first-order valence-electron chi connectivity index (χ1n) is 10.00. The molecule has 4 unspecified atom stereocenters. The molecule has 1 heterocycles. The number of carbonyl (C=O) groups is 1. The maximum absolute atomic E-state index is 13.7. The van der Waals surface area contributed by atoms with E-state index < -0.39 is 11.6 Å². The van der Waals surface area contributed by atoms with Crippen molar-refractivity contribution >= 4 is 22.6 Å². The second-order valence-corrected chi connectivity index (χ2v) is 8.14. The molecule has 30 heavy (non-hydrogen) atoms. The number of benzene rings is 2. The van der Waals surface area contributed by atoms with Crippen molar-refractivity contribution in [3.8, 4) is 6.07 Å². The highest BCUT2D eigenvalue weighted by Crippen LogP contribution is 2.44. The number of hydrogen-bond donors (Lipinski definition) is 1. The Bertz CT molecular complexity index is 1130. The van der Waals surface area contributed by atoms with Crippen LogP contribution in [-0.2, 0) is 4.79 Å². The van der Waals surface area contributed by atoms with Crippen molar-refractivity contribution in [2.45, 2.75) is 32.7 Å². The molecule has 0 spiro atoms. The monoisotopic (exact) mass is 408 g/mol. The highest BCUT2D eigenvalue weighted by Gasteiger charge is 2.38. The second-order valence-electron chi connectivity index (χ2n) is 8.14. The number of fused-ring (bicyclic) bond motifs is 1. The molecular formula is C23H22F2N4O. The number of nitriles is 1. The number of amides is 1. The third-order valence-corrected chi connectivity index (χ3v) is 6.27. The number of rotatable bonds is 4. The number of nitrogens with zero attached hydrogens (tertiary/aromatic N) is 3. The summed E-state index contributed by atoms with van der Waals surface area (Å²) in [5.74, 6) is -1.64. The lowest BCUT2D eigenvalue weighted by Crippen LogP contribution is -2.28. The summed E-state index contributed by atoms with van der Waals surface area (Å²) >= 11 is 0. The van der Waals surface area contributed by atoms with Gasteiger partial charge >= 0.3 is 0 Å². The third kappa shape index (κ3) is 3.65. The quantitative estimate of drug-likeness (QED) is 0.657. The standard InChI is InChI=1S/C23H22F2N4O/c1-13-7-17(29-12-27-21-9-19(24)20(25)10-22(21)29)8-18(13)14(2)23(30)28-16-5-3-15(11-26)4-6-16/h3-6,9-10,12-14,17-18H,7-8H2,1-2H3,(H,28,30). The molecule has 0 saturated heterocycles. The summed E-state index contributed by atoms with van der Waals surface area (Å²) < 4.78 is 29.1. The minimum absolute atomic E-state index is 0.0687. The molecule has 4 rings (SSSR count). The smallest absolute Gasteiger partial charge is 0.227 e. The summed E-state index contributed by atoms with van der Waals surface area (Å²) in [4.78, 5) is 17.0. The summed E-state index contributed by atoms with van der Waals surface area (Å²) in [5, 5.41) is 11.8. The number of hydrogen-bond acceptors (Lipinski definition) is 3. The zero-order valence-electron chi connectivity index (χ0n) is 16.8. The Labute approximate surface area is 173 Å². The fourth-order valence-electron chi connectivity index (χ4n) is 4.56. The molecule has 0 radical (unpaired) electrons. The maximum Gasteiger partial charge on any atom is 0.227 e. The number of halogens is 2. The molecule has 1 N–H and O–H groups in total. The van der Waals surface area contributed by atoms with Crippen molar-refractivity contribution in [3.05, 3.63) is 59.9 Å². The van der Waals surface area contributed by atoms with Gasteiger partial charge in [0.2, 0.25) is 5.91 Å². The first-order valence-corrected chi connectivity index (χ1v) is 10.00. The van der Waals surface area contributed by atoms with Gasteiger partial charge in [-0.05, 0) is 48.9 Å². The molecule has 3 aromatic rings. The minimum Gasteiger partial charge on any atom is -0.327 e. The topological polar surface area (TPSA) is 70.7 Å². The first kappa shape index (κ1) is 20.0. The van der Waals surface area contributed by atoms with E-state index in [-0.39, 0.29) is 23.8 Å². The van der Waals surface area contributed by atoms with E-state index >= 15 is 0 Å². The van der Waals surface area contributed by atoms with Crippen LogP contribution in [-0.4, -0.2) is 15.5 Å². The van der Waals surface area contributed by atoms with Crippen molar-refractivity contribution in [2.24, 2.45) is 17.8 Å². The van der Waals surface area contributed by atoms with E-state index in [9.17, 15) is 13.6 Å². The van der Waals surface area contributed by atoms with E-state index in [1.807, 2.05) is 11.5 Å². The van der Waals surface area contributed by atoms with Crippen molar-refractivity contribution < 1.29 is 13.6 Å². The fraction of sp³-hybridized carbons (Fsp3) is 0.348. The molecule has 154 valence electrons. The summed E-state index contributed by atoms with van der Waals surface area (Å²) in [7, 11) is 0. The van der Waals surface area contributed by atoms with Gasteiger partial charge in [-0.1, -0.05) is 13.8 Å². The lowest BCUT2D eigenvalue weighted by atomic mass is 9.85. The molecule has 1 amide bonds. The van der Waals surface area contributed by atoms with Crippen LogP contribution in [0.15, 0.2) is 42.7 Å². The van der Waals surface area contributed by atoms with E-state index in [1.54, 1.807) is 30.6 Å². The number of aromatic nitrogens is 2. The maximum atomic E-state index is 13.7. The van der Waals surface area contributed by atoms with E-state index in [0.29, 0.717) is 28.2 Å². The van der Waals surface area contributed by atoms with Crippen LogP contribution in [0.3, 0.4) is 0 Å². The van der Waals surface area contributed by atoms with Crippen LogP contribution >= 0.6 is 0 Å². The molecule has 0 bridgehead atoms. The SMILES string of the molecule is CC1CC(n2cnc3cc(F)c(F)cc32)CC1C(C)C(=O)Nc1ccc(C#N)cc1. The van der Waals surface area contributed by atoms with Crippen LogP contribution in [0.1, 0.15) is 38.3 Å². The zero-order valence-corrected chi connectivity index (χ0v) is 16.8. The predicted octanol–water partition coefficient (Wildman–Crippen LogP) is 5.05. The van der Waals surface area contributed by atoms with E-state index in [1.165, 1.54) is 6.07 Å². The molecule has 4 atom stereocenters. The molecule has 1 fully saturated rings. The fourth-order valence-corrected chi connectivity index (χ4v) is 4.56. The number of anilines is 1. The van der Waals surface area contributed by atoms with Crippen molar-refractivity contribution in [1.82, 2.24) is 9.55 Å². The summed E-state index contributed by atoms with van der Waals surface area (Å²) in [6.07, 6.45) is 3.22. The molecule has 5 nitrogen and oxygen atoms in total. The molecule has 1 aromatic heterocycles. The third-order valence-electron chi connectivity index (χ3n) is 6.27. The van der Waals surface area contributed by atoms with Crippen LogP contribution in [0, 0.1) is 40.7 Å². The highest BCUT2D eigenvalue weighted by molar-refractivity contribution is 5.92. The Morgan fingerprint density at radius 2 is 1.93 bits per heavy atom. The second kappa shape index (κ2) is 7.86. The molecule has 1 aliphatic rings. The van der Waals surface area contributed by atoms with E-state index in [2.05, 4.69) is 23.3 Å². The summed E-state index contributed by atoms with van der Waals surface area (Å²) in [6.45, 7) is 4.04. The Kier molecular flexibility index (Phi) is 5.25. The minimum atomic E-state index is -0.904. The van der Waals surface area contributed by atoms with E-state index in [0.717, 1.165) is 18.9 Å². The van der Waals surface area contributed by atoms with Crippen molar-refractivity contribution in [2.75, 3.05) is 5.32 Å². The van der Waals surface area contributed by atoms with Gasteiger partial charge in [0.1, 0.15) is 0 Å². The summed E-state index contributed by atoms with van der Waals surface area (Å²) in [5.41, 5.74) is 2.20. The predicted molar refractivity (Wildman–Crippen MR) is 110 cm³/mol. The average molecular weight is 408 g/mol. The van der Waals surface area contributed by atoms with Gasteiger partial charge in [0.25, 0.3) is 0 Å². The van der Waals surface area contributed by atoms with Gasteiger partial charge in [0.15, 0.2) is 11.6 Å². The van der Waals surface area contributed by atoms with Gasteiger partial charge in [-0.15, -0.1) is 0 Å². The molecule has 7 heteroatoms. The number of nitrogens with one attached hydrogen (secondary N) is 1. The Morgan fingerprint density at radius 1 is 1.23 bits per heavy atom. The van der Waals surface area contributed by atoms with Crippen molar-refractivity contribution in [3.63, 3.8) is 0 Å². The number of carbonyl (C=O) groups excluding carboxylic acids is 1. The normalized spacial score (nSPS) is 22.0. The molecule has 1 aliphatic carbocycles. The Balaban J connectivity index is 1.49. The molecular weight excluding hydrogens is 386 g/mol. The molecule has 2 aromatic carbocycles. The molecule has 0 aliphatic heterocycles. The van der Waals surface area contributed by atoms with Crippen LogP contribution in [0.2, 0.25) is 0 Å². The van der Waals surface area contributed by atoms with Gasteiger partial charge in [-0.2, -0.15) is 5.26 Å². The zero-order chi connectivity index (χ0) is 21.4. The van der Waals surface area contributed by atoms with Gasteiger partial charge in [-0.25, -0.2) is 13.8 Å².